The van der Waals surface area contributed by atoms with E-state index < -0.39 is 21.7 Å². The van der Waals surface area contributed by atoms with Crippen molar-refractivity contribution in [3.63, 3.8) is 0 Å². The first kappa shape index (κ1) is 14.0. The van der Waals surface area contributed by atoms with Crippen LogP contribution in [-0.2, 0) is 19.4 Å². The van der Waals surface area contributed by atoms with Crippen LogP contribution in [0.15, 0.2) is 21.5 Å². The van der Waals surface area contributed by atoms with E-state index in [1.807, 2.05) is 0 Å². The zero-order valence-corrected chi connectivity index (χ0v) is 12.3. The number of anilines is 1. The fourth-order valence-electron chi connectivity index (χ4n) is 1.95. The van der Waals surface area contributed by atoms with Gasteiger partial charge in [0, 0.05) is 11.0 Å². The second-order valence-corrected chi connectivity index (χ2v) is 7.11. The van der Waals surface area contributed by atoms with E-state index in [9.17, 15) is 18.0 Å². The lowest BCUT2D eigenvalue weighted by Gasteiger charge is -2.29. The Morgan fingerprint density at radius 3 is 2.58 bits per heavy atom. The summed E-state index contributed by atoms with van der Waals surface area (Å²) < 4.78 is 24.4. The normalized spacial score (nSPS) is 16.8. The molecule has 19 heavy (non-hydrogen) atoms. The van der Waals surface area contributed by atoms with E-state index in [1.54, 1.807) is 13.0 Å². The number of sulfone groups is 1. The van der Waals surface area contributed by atoms with Gasteiger partial charge in [-0.3, -0.25) is 9.69 Å². The number of benzene rings is 1. The summed E-state index contributed by atoms with van der Waals surface area (Å²) in [6.45, 7) is 1.56. The van der Waals surface area contributed by atoms with Crippen LogP contribution in [0.1, 0.15) is 5.56 Å². The third-order valence-corrected chi connectivity index (χ3v) is 5.10. The SMILES string of the molecule is Cc1cc(Br)c2c(c1)S(=O)(=O)CCN2C(=O)C(=O)O. The Bertz CT molecular complexity index is 683. The number of carbonyl (C=O) groups is 2. The summed E-state index contributed by atoms with van der Waals surface area (Å²) in [5.74, 6) is -3.03. The van der Waals surface area contributed by atoms with Gasteiger partial charge in [0.05, 0.1) is 16.3 Å². The van der Waals surface area contributed by atoms with Gasteiger partial charge in [-0.2, -0.15) is 0 Å². The van der Waals surface area contributed by atoms with Crippen molar-refractivity contribution >= 4 is 43.3 Å². The molecule has 0 saturated heterocycles. The number of halogens is 1. The zero-order chi connectivity index (χ0) is 14.4. The van der Waals surface area contributed by atoms with Gasteiger partial charge < -0.3 is 5.11 Å². The van der Waals surface area contributed by atoms with Gasteiger partial charge in [0.1, 0.15) is 0 Å². The number of carbonyl (C=O) groups excluding carboxylic acids is 1. The Morgan fingerprint density at radius 2 is 2.00 bits per heavy atom. The van der Waals surface area contributed by atoms with E-state index in [2.05, 4.69) is 15.9 Å². The molecule has 0 fully saturated rings. The standard InChI is InChI=1S/C11H10BrNO5S/c1-6-4-7(12)9-8(5-6)19(17,18)3-2-13(9)10(14)11(15)16/h4-5H,2-3H2,1H3,(H,15,16). The monoisotopic (exact) mass is 347 g/mol. The number of carboxylic acid groups (broad SMARTS) is 1. The van der Waals surface area contributed by atoms with Gasteiger partial charge in [-0.1, -0.05) is 0 Å². The van der Waals surface area contributed by atoms with Crippen LogP contribution < -0.4 is 4.90 Å². The summed E-state index contributed by atoms with van der Waals surface area (Å²) in [5.41, 5.74) is 0.808. The van der Waals surface area contributed by atoms with Crippen LogP contribution >= 0.6 is 15.9 Å². The van der Waals surface area contributed by atoms with E-state index in [4.69, 9.17) is 5.11 Å². The van der Waals surface area contributed by atoms with Gasteiger partial charge in [-0.15, -0.1) is 0 Å². The lowest BCUT2D eigenvalue weighted by molar-refractivity contribution is -0.148. The van der Waals surface area contributed by atoms with Gasteiger partial charge in [-0.25, -0.2) is 13.2 Å². The van der Waals surface area contributed by atoms with E-state index in [1.165, 1.54) is 6.07 Å². The van der Waals surface area contributed by atoms with E-state index >= 15 is 0 Å². The molecule has 0 atom stereocenters. The zero-order valence-electron chi connectivity index (χ0n) is 9.88. The van der Waals surface area contributed by atoms with E-state index in [0.717, 1.165) is 4.90 Å². The van der Waals surface area contributed by atoms with Crippen molar-refractivity contribution in [2.45, 2.75) is 11.8 Å². The molecular weight excluding hydrogens is 338 g/mol. The molecule has 0 bridgehead atoms. The molecule has 1 N–H and O–H groups in total. The first-order chi connectivity index (χ1) is 8.74. The largest absolute Gasteiger partial charge is 0.474 e. The van der Waals surface area contributed by atoms with Crippen molar-refractivity contribution in [3.8, 4) is 0 Å². The molecule has 0 aromatic heterocycles. The molecule has 8 heteroatoms. The fraction of sp³-hybridized carbons (Fsp3) is 0.273. The van der Waals surface area contributed by atoms with Crippen LogP contribution in [0.5, 0.6) is 0 Å². The number of aliphatic carboxylic acids is 1. The van der Waals surface area contributed by atoms with Crippen LogP contribution in [0, 0.1) is 6.92 Å². The van der Waals surface area contributed by atoms with Crippen LogP contribution in [-0.4, -0.2) is 37.7 Å². The van der Waals surface area contributed by atoms with Crippen LogP contribution in [0.2, 0.25) is 0 Å². The van der Waals surface area contributed by atoms with Crippen molar-refractivity contribution in [1.82, 2.24) is 0 Å². The fourth-order valence-corrected chi connectivity index (χ4v) is 4.40. The lowest BCUT2D eigenvalue weighted by Crippen LogP contribution is -2.43. The molecule has 1 amide bonds. The highest BCUT2D eigenvalue weighted by Crippen LogP contribution is 2.38. The lowest BCUT2D eigenvalue weighted by atomic mass is 10.2. The third kappa shape index (κ3) is 2.37. The average Bonchev–Trinajstić information content (AvgIpc) is 2.29. The number of amides is 1. The van der Waals surface area contributed by atoms with Gasteiger partial charge in [0.15, 0.2) is 9.84 Å². The number of nitrogens with zero attached hydrogens (tertiary/aromatic N) is 1. The topological polar surface area (TPSA) is 91.8 Å². The van der Waals surface area contributed by atoms with E-state index in [0.29, 0.717) is 10.0 Å². The minimum atomic E-state index is -3.50. The molecule has 2 rings (SSSR count). The molecule has 1 aliphatic rings. The molecule has 1 aliphatic heterocycles. The summed E-state index contributed by atoms with van der Waals surface area (Å²) in [7, 11) is -3.50. The van der Waals surface area contributed by atoms with E-state index in [-0.39, 0.29) is 22.9 Å². The van der Waals surface area contributed by atoms with Crippen molar-refractivity contribution in [2.75, 3.05) is 17.2 Å². The predicted octanol–water partition coefficient (Wildman–Crippen LogP) is 0.962. The molecule has 1 heterocycles. The Balaban J connectivity index is 2.71. The molecule has 102 valence electrons. The Labute approximate surface area is 118 Å². The molecule has 1 aromatic carbocycles. The van der Waals surface area contributed by atoms with Gasteiger partial charge in [-0.05, 0) is 40.5 Å². The Kier molecular flexibility index (Phi) is 3.40. The summed E-state index contributed by atoms with van der Waals surface area (Å²) >= 11 is 3.19. The molecule has 1 aromatic rings. The van der Waals surface area contributed by atoms with Crippen molar-refractivity contribution < 1.29 is 23.1 Å². The second-order valence-electron chi connectivity index (χ2n) is 4.17. The minimum absolute atomic E-state index is 0.0137. The first-order valence-electron chi connectivity index (χ1n) is 5.32. The predicted molar refractivity (Wildman–Crippen MR) is 70.9 cm³/mol. The number of carboxylic acids is 1. The smallest absolute Gasteiger partial charge is 0.394 e. The maximum Gasteiger partial charge on any atom is 0.394 e. The number of rotatable bonds is 0. The molecule has 0 spiro atoms. The summed E-state index contributed by atoms with van der Waals surface area (Å²) in [6, 6.07) is 3.08. The van der Waals surface area contributed by atoms with Crippen LogP contribution in [0.25, 0.3) is 0 Å². The quantitative estimate of drug-likeness (QED) is 0.705. The van der Waals surface area contributed by atoms with Gasteiger partial charge >= 0.3 is 11.9 Å². The molecule has 0 saturated carbocycles. The van der Waals surface area contributed by atoms with Crippen LogP contribution in [0.3, 0.4) is 0 Å². The van der Waals surface area contributed by atoms with Gasteiger partial charge in [0.25, 0.3) is 0 Å². The van der Waals surface area contributed by atoms with Crippen LogP contribution in [0.4, 0.5) is 5.69 Å². The maximum atomic E-state index is 12.0. The highest BCUT2D eigenvalue weighted by Gasteiger charge is 2.35. The minimum Gasteiger partial charge on any atom is -0.474 e. The average molecular weight is 348 g/mol. The molecular formula is C11H10BrNO5S. The second kappa shape index (κ2) is 4.61. The highest BCUT2D eigenvalue weighted by molar-refractivity contribution is 9.10. The number of hydrogen-bond acceptors (Lipinski definition) is 4. The molecule has 0 radical (unpaired) electrons. The Morgan fingerprint density at radius 1 is 1.37 bits per heavy atom. The van der Waals surface area contributed by atoms with Crippen molar-refractivity contribution in [1.29, 1.82) is 0 Å². The summed E-state index contributed by atoms with van der Waals surface area (Å²) in [4.78, 5) is 23.4. The Hall–Kier alpha value is -1.41. The molecule has 0 aliphatic carbocycles. The number of aryl methyl sites for hydroxylation is 1. The number of hydrogen-bond donors (Lipinski definition) is 1. The summed E-state index contributed by atoms with van der Waals surface area (Å²) in [6.07, 6.45) is 0. The van der Waals surface area contributed by atoms with Gasteiger partial charge in [0.2, 0.25) is 0 Å². The summed E-state index contributed by atoms with van der Waals surface area (Å²) in [5, 5.41) is 8.78. The third-order valence-electron chi connectivity index (χ3n) is 2.79. The first-order valence-corrected chi connectivity index (χ1v) is 7.76. The van der Waals surface area contributed by atoms with Crippen molar-refractivity contribution in [2.24, 2.45) is 0 Å². The highest BCUT2D eigenvalue weighted by atomic mass is 79.9. The molecule has 0 unspecified atom stereocenters. The number of fused-ring (bicyclic) bond motifs is 1. The maximum absolute atomic E-state index is 12.0. The molecule has 6 nitrogen and oxygen atoms in total. The van der Waals surface area contributed by atoms with Crippen molar-refractivity contribution in [3.05, 3.63) is 22.2 Å².